The maximum Gasteiger partial charge on any atom is 0.433 e. The molecular formula is C14H8ClF3N4O2S. The lowest BCUT2D eigenvalue weighted by Gasteiger charge is -2.05. The zero-order chi connectivity index (χ0) is 17.9. The highest BCUT2D eigenvalue weighted by molar-refractivity contribution is 7.98. The topological polar surface area (TPSA) is 73.9 Å². The van der Waals surface area contributed by atoms with E-state index >= 15 is 0 Å². The molecule has 2 aromatic heterocycles. The van der Waals surface area contributed by atoms with Gasteiger partial charge >= 0.3 is 6.18 Å². The van der Waals surface area contributed by atoms with Crippen LogP contribution in [0, 0.1) is 0 Å². The number of hydrogen-bond donors (Lipinski definition) is 0. The molecule has 0 saturated carbocycles. The van der Waals surface area contributed by atoms with E-state index in [0.29, 0.717) is 10.8 Å². The zero-order valence-electron chi connectivity index (χ0n) is 12.2. The van der Waals surface area contributed by atoms with E-state index in [0.717, 1.165) is 24.0 Å². The van der Waals surface area contributed by atoms with Crippen molar-refractivity contribution in [3.8, 4) is 5.75 Å². The number of aromatic nitrogens is 4. The van der Waals surface area contributed by atoms with Gasteiger partial charge in [-0.25, -0.2) is 9.97 Å². The summed E-state index contributed by atoms with van der Waals surface area (Å²) in [7, 11) is 0. The molecule has 0 atom stereocenters. The molecule has 1 aromatic carbocycles. The van der Waals surface area contributed by atoms with Gasteiger partial charge in [0.1, 0.15) is 11.4 Å². The maximum absolute atomic E-state index is 12.6. The number of rotatable bonds is 5. The van der Waals surface area contributed by atoms with E-state index < -0.39 is 11.9 Å². The van der Waals surface area contributed by atoms with Crippen molar-refractivity contribution >= 4 is 23.4 Å². The molecule has 0 radical (unpaired) electrons. The van der Waals surface area contributed by atoms with Gasteiger partial charge in [-0.1, -0.05) is 11.6 Å². The zero-order valence-corrected chi connectivity index (χ0v) is 13.8. The van der Waals surface area contributed by atoms with E-state index in [2.05, 4.69) is 20.2 Å². The van der Waals surface area contributed by atoms with Gasteiger partial charge in [0.05, 0.1) is 0 Å². The standard InChI is InChI=1S/C14H8ClF3N4O2S/c15-8-1-3-9(4-2-8)23-7-11-21-22-13(24-11)25-12-19-6-5-10(20-12)14(16,17)18/h1-6H,7H2. The summed E-state index contributed by atoms with van der Waals surface area (Å²) < 4.78 is 48.6. The molecule has 25 heavy (non-hydrogen) atoms. The smallest absolute Gasteiger partial charge is 0.433 e. The lowest BCUT2D eigenvalue weighted by molar-refractivity contribution is -0.141. The number of alkyl halides is 3. The largest absolute Gasteiger partial charge is 0.484 e. The van der Waals surface area contributed by atoms with E-state index in [9.17, 15) is 13.2 Å². The fourth-order valence-electron chi connectivity index (χ4n) is 1.64. The van der Waals surface area contributed by atoms with Crippen LogP contribution in [0.15, 0.2) is 51.3 Å². The van der Waals surface area contributed by atoms with Crippen LogP contribution in [0.2, 0.25) is 5.02 Å². The number of hydrogen-bond acceptors (Lipinski definition) is 7. The van der Waals surface area contributed by atoms with Crippen LogP contribution >= 0.6 is 23.4 Å². The second-order valence-electron chi connectivity index (χ2n) is 4.53. The fourth-order valence-corrected chi connectivity index (χ4v) is 2.40. The third-order valence-electron chi connectivity index (χ3n) is 2.73. The lowest BCUT2D eigenvalue weighted by Crippen LogP contribution is -2.08. The molecule has 0 unspecified atom stereocenters. The molecule has 3 aromatic rings. The Morgan fingerprint density at radius 3 is 2.60 bits per heavy atom. The SMILES string of the molecule is FC(F)(F)c1ccnc(Sc2nnc(COc3ccc(Cl)cc3)o2)n1. The van der Waals surface area contributed by atoms with Gasteiger partial charge in [-0.3, -0.25) is 0 Å². The van der Waals surface area contributed by atoms with Crippen LogP contribution in [0.1, 0.15) is 11.6 Å². The molecule has 6 nitrogen and oxygen atoms in total. The molecule has 11 heteroatoms. The van der Waals surface area contributed by atoms with Crippen molar-refractivity contribution in [2.24, 2.45) is 0 Å². The van der Waals surface area contributed by atoms with E-state index in [1.165, 1.54) is 0 Å². The summed E-state index contributed by atoms with van der Waals surface area (Å²) in [5, 5.41) is 7.90. The summed E-state index contributed by atoms with van der Waals surface area (Å²) in [4.78, 5) is 7.15. The van der Waals surface area contributed by atoms with Gasteiger partial charge in [0, 0.05) is 23.0 Å². The summed E-state index contributed by atoms with van der Waals surface area (Å²) in [6.45, 7) is -0.00135. The van der Waals surface area contributed by atoms with Gasteiger partial charge in [0.2, 0.25) is 0 Å². The Morgan fingerprint density at radius 1 is 1.12 bits per heavy atom. The Morgan fingerprint density at radius 2 is 1.88 bits per heavy atom. The first-order chi connectivity index (χ1) is 11.9. The van der Waals surface area contributed by atoms with E-state index in [-0.39, 0.29) is 22.9 Å². The quantitative estimate of drug-likeness (QED) is 0.604. The molecule has 0 aliphatic rings. The minimum absolute atomic E-state index is 0.00135. The van der Waals surface area contributed by atoms with Crippen molar-refractivity contribution in [2.75, 3.05) is 0 Å². The third-order valence-corrected chi connectivity index (χ3v) is 3.70. The van der Waals surface area contributed by atoms with Crippen LogP contribution < -0.4 is 4.74 Å². The van der Waals surface area contributed by atoms with Crippen LogP contribution in [-0.2, 0) is 12.8 Å². The van der Waals surface area contributed by atoms with Crippen LogP contribution in [0.5, 0.6) is 5.75 Å². The number of ether oxygens (including phenoxy) is 1. The summed E-state index contributed by atoms with van der Waals surface area (Å²) in [5.41, 5.74) is -1.05. The third kappa shape index (κ3) is 4.83. The summed E-state index contributed by atoms with van der Waals surface area (Å²) in [6, 6.07) is 7.45. The van der Waals surface area contributed by atoms with Crippen molar-refractivity contribution in [1.29, 1.82) is 0 Å². The summed E-state index contributed by atoms with van der Waals surface area (Å²) in [5.74, 6) is 0.711. The Kier molecular flexibility index (Phi) is 5.09. The van der Waals surface area contributed by atoms with Gasteiger partial charge in [0.15, 0.2) is 11.8 Å². The molecule has 0 bridgehead atoms. The minimum Gasteiger partial charge on any atom is -0.484 e. The van der Waals surface area contributed by atoms with Crippen molar-refractivity contribution in [3.63, 3.8) is 0 Å². The molecule has 0 amide bonds. The fraction of sp³-hybridized carbons (Fsp3) is 0.143. The molecule has 3 rings (SSSR count). The Labute approximate surface area is 148 Å². The molecule has 0 aliphatic heterocycles. The van der Waals surface area contributed by atoms with E-state index in [1.54, 1.807) is 24.3 Å². The predicted octanol–water partition coefficient (Wildman–Crippen LogP) is 4.26. The minimum atomic E-state index is -4.55. The van der Waals surface area contributed by atoms with Gasteiger partial charge < -0.3 is 9.15 Å². The maximum atomic E-state index is 12.6. The van der Waals surface area contributed by atoms with Gasteiger partial charge in [-0.2, -0.15) is 13.2 Å². The van der Waals surface area contributed by atoms with Crippen LogP contribution in [0.4, 0.5) is 13.2 Å². The molecule has 0 spiro atoms. The highest BCUT2D eigenvalue weighted by atomic mass is 35.5. The predicted molar refractivity (Wildman–Crippen MR) is 81.2 cm³/mol. The average Bonchev–Trinajstić information content (AvgIpc) is 3.01. The summed E-state index contributed by atoms with van der Waals surface area (Å²) >= 11 is 6.49. The lowest BCUT2D eigenvalue weighted by atomic mass is 10.3. The first-order valence-electron chi connectivity index (χ1n) is 6.69. The Hall–Kier alpha value is -2.33. The Bertz CT molecular complexity index is 858. The first-order valence-corrected chi connectivity index (χ1v) is 7.88. The first kappa shape index (κ1) is 17.5. The van der Waals surface area contributed by atoms with Crippen LogP contribution in [0.3, 0.4) is 0 Å². The van der Waals surface area contributed by atoms with Crippen molar-refractivity contribution in [3.05, 3.63) is 53.1 Å². The Balaban J connectivity index is 1.63. The molecule has 0 aliphatic carbocycles. The normalized spacial score (nSPS) is 11.5. The number of benzene rings is 1. The molecule has 2 heterocycles. The highest BCUT2D eigenvalue weighted by Crippen LogP contribution is 2.30. The number of nitrogens with zero attached hydrogens (tertiary/aromatic N) is 4. The van der Waals surface area contributed by atoms with Gasteiger partial charge in [-0.15, -0.1) is 10.2 Å². The van der Waals surface area contributed by atoms with Crippen molar-refractivity contribution in [1.82, 2.24) is 20.2 Å². The van der Waals surface area contributed by atoms with Crippen molar-refractivity contribution < 1.29 is 22.3 Å². The number of halogens is 4. The van der Waals surface area contributed by atoms with Crippen molar-refractivity contribution in [2.45, 2.75) is 23.2 Å². The van der Waals surface area contributed by atoms with Crippen LogP contribution in [0.25, 0.3) is 0 Å². The molecule has 0 N–H and O–H groups in total. The van der Waals surface area contributed by atoms with Gasteiger partial charge in [-0.05, 0) is 30.3 Å². The monoisotopic (exact) mass is 388 g/mol. The molecule has 130 valence electrons. The van der Waals surface area contributed by atoms with Gasteiger partial charge in [0.25, 0.3) is 11.1 Å². The summed E-state index contributed by atoms with van der Waals surface area (Å²) in [6.07, 6.45) is -3.54. The second kappa shape index (κ2) is 7.28. The molecule has 0 fully saturated rings. The highest BCUT2D eigenvalue weighted by Gasteiger charge is 2.33. The van der Waals surface area contributed by atoms with E-state index in [4.69, 9.17) is 20.8 Å². The average molecular weight is 389 g/mol. The van der Waals surface area contributed by atoms with E-state index in [1.807, 2.05) is 0 Å². The van der Waals surface area contributed by atoms with Crippen LogP contribution in [-0.4, -0.2) is 20.2 Å². The molecular weight excluding hydrogens is 381 g/mol. The second-order valence-corrected chi connectivity index (χ2v) is 5.88. The molecule has 0 saturated heterocycles.